The molecule has 0 radical (unpaired) electrons. The van der Waals surface area contributed by atoms with Gasteiger partial charge in [-0.25, -0.2) is 8.42 Å². The first-order valence-corrected chi connectivity index (χ1v) is 9.17. The highest BCUT2D eigenvalue weighted by atomic mass is 32.2. The van der Waals surface area contributed by atoms with Crippen molar-refractivity contribution in [2.45, 2.75) is 44.4 Å². The van der Waals surface area contributed by atoms with Crippen molar-refractivity contribution in [2.75, 3.05) is 6.26 Å². The third-order valence-electron chi connectivity index (χ3n) is 3.46. The van der Waals surface area contributed by atoms with Crippen LogP contribution in [0, 0.1) is 0 Å². The van der Waals surface area contributed by atoms with Gasteiger partial charge in [-0.1, -0.05) is 20.8 Å². The Balaban J connectivity index is 2.89. The Hall–Kier alpha value is -1.82. The Morgan fingerprint density at radius 1 is 1.27 bits per heavy atom. The van der Waals surface area contributed by atoms with Crippen LogP contribution in [0.15, 0.2) is 23.4 Å². The van der Waals surface area contributed by atoms with E-state index in [2.05, 4.69) is 9.97 Å². The summed E-state index contributed by atoms with van der Waals surface area (Å²) in [7, 11) is -3.55. The maximum absolute atomic E-state index is 12.3. The van der Waals surface area contributed by atoms with Gasteiger partial charge in [0.05, 0.1) is 21.7 Å². The molecule has 0 atom stereocenters. The summed E-state index contributed by atoms with van der Waals surface area (Å²) in [5.74, 6) is -0.0824. The number of carbonyl (C=O) groups excluding carboxylic acids is 1. The van der Waals surface area contributed by atoms with Gasteiger partial charge >= 0.3 is 0 Å². The van der Waals surface area contributed by atoms with Crippen molar-refractivity contribution in [2.24, 2.45) is 0 Å². The third-order valence-corrected chi connectivity index (χ3v) is 4.64. The monoisotopic (exact) mass is 320 g/mol. The second-order valence-corrected chi connectivity index (χ2v) is 7.65. The van der Waals surface area contributed by atoms with Crippen molar-refractivity contribution >= 4 is 26.5 Å². The van der Waals surface area contributed by atoms with Gasteiger partial charge in [0.25, 0.3) is 0 Å². The Morgan fingerprint density at radius 2 is 1.95 bits per heavy atom. The van der Waals surface area contributed by atoms with Crippen molar-refractivity contribution in [1.82, 2.24) is 9.97 Å². The van der Waals surface area contributed by atoms with E-state index in [-0.39, 0.29) is 22.2 Å². The fourth-order valence-electron chi connectivity index (χ4n) is 2.50. The van der Waals surface area contributed by atoms with Gasteiger partial charge < -0.3 is 0 Å². The Bertz CT molecular complexity index is 827. The van der Waals surface area contributed by atoms with E-state index in [0.717, 1.165) is 11.9 Å². The number of carbonyl (C=O) groups is 1. The van der Waals surface area contributed by atoms with Crippen molar-refractivity contribution in [1.29, 1.82) is 0 Å². The lowest BCUT2D eigenvalue weighted by atomic mass is 10.0. The first kappa shape index (κ1) is 16.5. The van der Waals surface area contributed by atoms with E-state index in [0.29, 0.717) is 23.7 Å². The molecule has 0 aliphatic heterocycles. The first-order chi connectivity index (χ1) is 10.3. The molecule has 2 heterocycles. The molecule has 2 aromatic rings. The van der Waals surface area contributed by atoms with Gasteiger partial charge in [0.2, 0.25) is 0 Å². The van der Waals surface area contributed by atoms with Gasteiger partial charge in [0, 0.05) is 30.5 Å². The number of rotatable bonds is 5. The number of Topliss-reactive ketones (excluding diaryl/α,β-unsaturated/α-hetero) is 1. The summed E-state index contributed by atoms with van der Waals surface area (Å²) in [5, 5.41) is 0.475. The van der Waals surface area contributed by atoms with Crippen LogP contribution in [0.25, 0.3) is 10.9 Å². The number of ketones is 1. The van der Waals surface area contributed by atoms with E-state index in [9.17, 15) is 13.2 Å². The second kappa shape index (κ2) is 6.12. The van der Waals surface area contributed by atoms with Crippen molar-refractivity contribution < 1.29 is 13.2 Å². The minimum atomic E-state index is -3.55. The molecule has 2 aromatic heterocycles. The lowest BCUT2D eigenvalue weighted by Gasteiger charge is -2.13. The van der Waals surface area contributed by atoms with Crippen molar-refractivity contribution in [3.8, 4) is 0 Å². The minimum absolute atomic E-state index is 0.0697. The van der Waals surface area contributed by atoms with Gasteiger partial charge in [-0.15, -0.1) is 0 Å². The van der Waals surface area contributed by atoms with Crippen LogP contribution in [0.1, 0.15) is 55.6 Å². The summed E-state index contributed by atoms with van der Waals surface area (Å²) in [6.07, 6.45) is 5.04. The maximum Gasteiger partial charge on any atom is 0.176 e. The van der Waals surface area contributed by atoms with Crippen LogP contribution in [-0.2, 0) is 9.84 Å². The van der Waals surface area contributed by atoms with Crippen LogP contribution in [-0.4, -0.2) is 30.4 Å². The molecule has 22 heavy (non-hydrogen) atoms. The van der Waals surface area contributed by atoms with E-state index in [1.165, 1.54) is 6.20 Å². The number of hydrogen-bond donors (Lipinski definition) is 0. The molecule has 118 valence electrons. The standard InChI is InChI=1S/C16H20N2O3S/c1-5-6-13(19)12-9-18-15-11(16(12)22(4,20)21)7-8-17-14(15)10(2)3/h7-10H,5-6H2,1-4H3. The largest absolute Gasteiger partial charge is 0.294 e. The van der Waals surface area contributed by atoms with Crippen molar-refractivity contribution in [3.05, 3.63) is 29.7 Å². The molecule has 0 fully saturated rings. The van der Waals surface area contributed by atoms with Crippen LogP contribution >= 0.6 is 0 Å². The third kappa shape index (κ3) is 3.02. The maximum atomic E-state index is 12.3. The number of pyridine rings is 2. The van der Waals surface area contributed by atoms with E-state index in [1.807, 2.05) is 20.8 Å². The number of sulfone groups is 1. The molecule has 2 rings (SSSR count). The Kier molecular flexibility index (Phi) is 4.60. The van der Waals surface area contributed by atoms with Crippen molar-refractivity contribution in [3.63, 3.8) is 0 Å². The van der Waals surface area contributed by atoms with Crippen LogP contribution in [0.5, 0.6) is 0 Å². The van der Waals surface area contributed by atoms with Gasteiger partial charge in [-0.05, 0) is 18.4 Å². The number of nitrogens with zero attached hydrogens (tertiary/aromatic N) is 2. The van der Waals surface area contributed by atoms with E-state index >= 15 is 0 Å². The van der Waals surface area contributed by atoms with Gasteiger partial charge in [0.1, 0.15) is 0 Å². The normalized spacial score (nSPS) is 12.0. The minimum Gasteiger partial charge on any atom is -0.294 e. The second-order valence-electron chi connectivity index (χ2n) is 5.69. The molecule has 0 amide bonds. The predicted octanol–water partition coefficient (Wildman–Crippen LogP) is 3.14. The smallest absolute Gasteiger partial charge is 0.176 e. The molecule has 0 bridgehead atoms. The molecular weight excluding hydrogens is 300 g/mol. The molecule has 0 N–H and O–H groups in total. The highest BCUT2D eigenvalue weighted by molar-refractivity contribution is 7.91. The molecule has 0 aromatic carbocycles. The zero-order valence-electron chi connectivity index (χ0n) is 13.3. The van der Waals surface area contributed by atoms with Crippen LogP contribution in [0.4, 0.5) is 0 Å². The zero-order chi connectivity index (χ0) is 16.5. The summed E-state index contributed by atoms with van der Waals surface area (Å²) >= 11 is 0. The summed E-state index contributed by atoms with van der Waals surface area (Å²) in [6, 6.07) is 1.62. The zero-order valence-corrected chi connectivity index (χ0v) is 14.1. The average molecular weight is 320 g/mol. The fraction of sp³-hybridized carbons (Fsp3) is 0.438. The molecule has 0 aliphatic rings. The highest BCUT2D eigenvalue weighted by Gasteiger charge is 2.23. The van der Waals surface area contributed by atoms with Crippen LogP contribution < -0.4 is 0 Å². The molecule has 0 saturated carbocycles. The van der Waals surface area contributed by atoms with Crippen LogP contribution in [0.2, 0.25) is 0 Å². The van der Waals surface area contributed by atoms with Gasteiger partial charge in [0.15, 0.2) is 15.6 Å². The first-order valence-electron chi connectivity index (χ1n) is 7.28. The topological polar surface area (TPSA) is 77.0 Å². The lowest BCUT2D eigenvalue weighted by molar-refractivity contribution is 0.0978. The molecular formula is C16H20N2O3S. The molecule has 0 aliphatic carbocycles. The Labute approximate surface area is 130 Å². The lowest BCUT2D eigenvalue weighted by Crippen LogP contribution is -2.11. The number of fused-ring (bicyclic) bond motifs is 1. The van der Waals surface area contributed by atoms with Gasteiger partial charge in [-0.3, -0.25) is 14.8 Å². The van der Waals surface area contributed by atoms with E-state index in [4.69, 9.17) is 0 Å². The average Bonchev–Trinajstić information content (AvgIpc) is 2.44. The van der Waals surface area contributed by atoms with E-state index < -0.39 is 9.84 Å². The fourth-order valence-corrected chi connectivity index (χ4v) is 3.63. The molecule has 5 nitrogen and oxygen atoms in total. The van der Waals surface area contributed by atoms with Crippen LogP contribution in [0.3, 0.4) is 0 Å². The molecule has 6 heteroatoms. The summed E-state index contributed by atoms with van der Waals surface area (Å²) < 4.78 is 24.5. The summed E-state index contributed by atoms with van der Waals surface area (Å²) in [4.78, 5) is 21.0. The SMILES string of the molecule is CCCC(=O)c1cnc2c(C(C)C)nccc2c1S(C)(=O)=O. The summed E-state index contributed by atoms with van der Waals surface area (Å²) in [6.45, 7) is 5.83. The van der Waals surface area contributed by atoms with Gasteiger partial charge in [-0.2, -0.15) is 0 Å². The highest BCUT2D eigenvalue weighted by Crippen LogP contribution is 2.29. The molecule has 0 saturated heterocycles. The summed E-state index contributed by atoms with van der Waals surface area (Å²) in [5.41, 5.74) is 1.46. The Morgan fingerprint density at radius 3 is 2.50 bits per heavy atom. The predicted molar refractivity (Wildman–Crippen MR) is 86.0 cm³/mol. The molecule has 0 spiro atoms. The molecule has 0 unspecified atom stereocenters. The number of aromatic nitrogens is 2. The number of hydrogen-bond acceptors (Lipinski definition) is 5. The quantitative estimate of drug-likeness (QED) is 0.791. The van der Waals surface area contributed by atoms with E-state index in [1.54, 1.807) is 12.3 Å².